The number of nitrogens with zero attached hydrogens (tertiary/aromatic N) is 2. The largest absolute Gasteiger partial charge is 0.491 e. The highest BCUT2D eigenvalue weighted by molar-refractivity contribution is 7.99. The second-order valence-electron chi connectivity index (χ2n) is 7.28. The van der Waals surface area contributed by atoms with Gasteiger partial charge in [-0.15, -0.1) is 0 Å². The predicted molar refractivity (Wildman–Crippen MR) is 107 cm³/mol. The molecule has 1 aromatic carbocycles. The van der Waals surface area contributed by atoms with E-state index in [1.54, 1.807) is 0 Å². The fourth-order valence-electron chi connectivity index (χ4n) is 3.60. The average molecular weight is 381 g/mol. The first-order valence-electron chi connectivity index (χ1n) is 9.68. The van der Waals surface area contributed by atoms with Crippen molar-refractivity contribution < 1.29 is 14.6 Å². The Morgan fingerprint density at radius 2 is 2.08 bits per heavy atom. The molecular formula is C20H32N2O3S. The van der Waals surface area contributed by atoms with E-state index in [9.17, 15) is 5.11 Å². The number of aliphatic hydroxyl groups excluding tert-OH is 1. The van der Waals surface area contributed by atoms with Crippen molar-refractivity contribution in [3.05, 3.63) is 29.8 Å². The fourth-order valence-corrected chi connectivity index (χ4v) is 4.69. The van der Waals surface area contributed by atoms with Crippen LogP contribution in [0.1, 0.15) is 18.4 Å². The highest BCUT2D eigenvalue weighted by atomic mass is 32.2. The van der Waals surface area contributed by atoms with Gasteiger partial charge in [0.2, 0.25) is 0 Å². The molecular weight excluding hydrogens is 348 g/mol. The zero-order valence-electron chi connectivity index (χ0n) is 15.8. The van der Waals surface area contributed by atoms with E-state index in [1.165, 1.54) is 29.9 Å². The first-order chi connectivity index (χ1) is 12.7. The number of hydrogen-bond donors (Lipinski definition) is 1. The van der Waals surface area contributed by atoms with Crippen molar-refractivity contribution in [2.24, 2.45) is 0 Å². The number of benzene rings is 1. The molecule has 146 valence electrons. The maximum atomic E-state index is 10.2. The molecule has 0 radical (unpaired) electrons. The third kappa shape index (κ3) is 6.43. The summed E-state index contributed by atoms with van der Waals surface area (Å²) in [6.07, 6.45) is 2.09. The lowest BCUT2D eigenvalue weighted by Crippen LogP contribution is -2.42. The maximum absolute atomic E-state index is 10.2. The van der Waals surface area contributed by atoms with Crippen LogP contribution in [0, 0.1) is 0 Å². The topological polar surface area (TPSA) is 45.2 Å². The normalized spacial score (nSPS) is 21.0. The summed E-state index contributed by atoms with van der Waals surface area (Å²) >= 11 is 2.07. The van der Waals surface area contributed by atoms with Crippen molar-refractivity contribution in [1.82, 2.24) is 9.80 Å². The summed E-state index contributed by atoms with van der Waals surface area (Å²) in [6, 6.07) is 8.98. The van der Waals surface area contributed by atoms with Crippen LogP contribution < -0.4 is 4.74 Å². The Hall–Kier alpha value is -0.790. The highest BCUT2D eigenvalue weighted by Gasteiger charge is 2.18. The molecule has 2 heterocycles. The zero-order chi connectivity index (χ0) is 18.2. The van der Waals surface area contributed by atoms with Gasteiger partial charge in [-0.2, -0.15) is 11.8 Å². The van der Waals surface area contributed by atoms with E-state index in [-0.39, 0.29) is 0 Å². The van der Waals surface area contributed by atoms with Crippen LogP contribution in [0.2, 0.25) is 0 Å². The Labute approximate surface area is 161 Å². The van der Waals surface area contributed by atoms with Crippen LogP contribution in [0.3, 0.4) is 0 Å². The smallest absolute Gasteiger partial charge is 0.119 e. The first kappa shape index (κ1) is 20.0. The molecule has 0 aromatic heterocycles. The standard InChI is InChI=1S/C20H32N2O3S/c1-21(18-5-11-26-12-6-18)14-17-3-2-4-20(13-17)25-16-19(23)15-22-7-9-24-10-8-22/h2-4,13,18-19,23H,5-12,14-16H2,1H3/t19-/m1/s1. The van der Waals surface area contributed by atoms with Gasteiger partial charge in [0.05, 0.1) is 13.2 Å². The number of morpholine rings is 1. The molecule has 0 spiro atoms. The third-order valence-corrected chi connectivity index (χ3v) is 6.21. The van der Waals surface area contributed by atoms with Crippen molar-refractivity contribution >= 4 is 11.8 Å². The molecule has 2 aliphatic rings. The molecule has 0 amide bonds. The van der Waals surface area contributed by atoms with E-state index in [0.29, 0.717) is 19.2 Å². The summed E-state index contributed by atoms with van der Waals surface area (Å²) in [4.78, 5) is 4.69. The Balaban J connectivity index is 1.44. The lowest BCUT2D eigenvalue weighted by atomic mass is 10.1. The number of aliphatic hydroxyl groups is 1. The van der Waals surface area contributed by atoms with Crippen LogP contribution >= 0.6 is 11.8 Å². The van der Waals surface area contributed by atoms with Gasteiger partial charge in [-0.05, 0) is 49.1 Å². The molecule has 5 nitrogen and oxygen atoms in total. The van der Waals surface area contributed by atoms with Gasteiger partial charge in [-0.25, -0.2) is 0 Å². The Bertz CT molecular complexity index is 534. The van der Waals surface area contributed by atoms with Gasteiger partial charge in [0, 0.05) is 32.2 Å². The molecule has 0 saturated carbocycles. The molecule has 2 saturated heterocycles. The lowest BCUT2D eigenvalue weighted by Gasteiger charge is -2.31. The number of thioether (sulfide) groups is 1. The molecule has 1 atom stereocenters. The number of rotatable bonds is 8. The molecule has 0 unspecified atom stereocenters. The van der Waals surface area contributed by atoms with Gasteiger partial charge in [-0.3, -0.25) is 9.80 Å². The SMILES string of the molecule is CN(Cc1cccc(OC[C@H](O)CN2CCOCC2)c1)C1CCSCC1. The zero-order valence-corrected chi connectivity index (χ0v) is 16.6. The fraction of sp³-hybridized carbons (Fsp3) is 0.700. The van der Waals surface area contributed by atoms with Gasteiger partial charge < -0.3 is 14.6 Å². The molecule has 2 fully saturated rings. The molecule has 2 aliphatic heterocycles. The molecule has 1 aromatic rings. The molecule has 3 rings (SSSR count). The van der Waals surface area contributed by atoms with Crippen molar-refractivity contribution in [3.8, 4) is 5.75 Å². The molecule has 26 heavy (non-hydrogen) atoms. The first-order valence-corrected chi connectivity index (χ1v) is 10.8. The Morgan fingerprint density at radius 1 is 1.31 bits per heavy atom. The van der Waals surface area contributed by atoms with E-state index in [1.807, 2.05) is 12.1 Å². The third-order valence-electron chi connectivity index (χ3n) is 5.16. The van der Waals surface area contributed by atoms with E-state index < -0.39 is 6.10 Å². The summed E-state index contributed by atoms with van der Waals surface area (Å²) in [6.45, 7) is 5.20. The molecule has 1 N–H and O–H groups in total. The lowest BCUT2D eigenvalue weighted by molar-refractivity contribution is 0.00464. The predicted octanol–water partition coefficient (Wildman–Crippen LogP) is 2.09. The highest BCUT2D eigenvalue weighted by Crippen LogP contribution is 2.23. The second kappa shape index (κ2) is 10.5. The van der Waals surface area contributed by atoms with Crippen LogP contribution in [0.4, 0.5) is 0 Å². The van der Waals surface area contributed by atoms with Crippen LogP contribution in [-0.2, 0) is 11.3 Å². The summed E-state index contributed by atoms with van der Waals surface area (Å²) in [5.74, 6) is 3.40. The summed E-state index contributed by atoms with van der Waals surface area (Å²) in [5, 5.41) is 10.2. The van der Waals surface area contributed by atoms with E-state index >= 15 is 0 Å². The molecule has 6 heteroatoms. The number of β-amino-alcohol motifs (C(OH)–C–C–N with tert-alkyl or cyclic N) is 1. The molecule has 0 bridgehead atoms. The summed E-state index contributed by atoms with van der Waals surface area (Å²) < 4.78 is 11.2. The Morgan fingerprint density at radius 3 is 2.85 bits per heavy atom. The summed E-state index contributed by atoms with van der Waals surface area (Å²) in [5.41, 5.74) is 1.27. The van der Waals surface area contributed by atoms with E-state index in [2.05, 4.69) is 40.7 Å². The average Bonchev–Trinajstić information content (AvgIpc) is 2.68. The van der Waals surface area contributed by atoms with Gasteiger partial charge in [0.15, 0.2) is 0 Å². The minimum atomic E-state index is -0.473. The van der Waals surface area contributed by atoms with Gasteiger partial charge in [0.25, 0.3) is 0 Å². The van der Waals surface area contributed by atoms with Crippen LogP contribution in [0.5, 0.6) is 5.75 Å². The quantitative estimate of drug-likeness (QED) is 0.745. The number of hydrogen-bond acceptors (Lipinski definition) is 6. The van der Waals surface area contributed by atoms with Crippen LogP contribution in [0.25, 0.3) is 0 Å². The minimum Gasteiger partial charge on any atom is -0.491 e. The minimum absolute atomic E-state index is 0.330. The molecule has 0 aliphatic carbocycles. The van der Waals surface area contributed by atoms with Crippen molar-refractivity contribution in [1.29, 1.82) is 0 Å². The van der Waals surface area contributed by atoms with Crippen LogP contribution in [0.15, 0.2) is 24.3 Å². The number of ether oxygens (including phenoxy) is 2. The van der Waals surface area contributed by atoms with E-state index in [0.717, 1.165) is 38.6 Å². The van der Waals surface area contributed by atoms with Crippen molar-refractivity contribution in [2.45, 2.75) is 31.5 Å². The van der Waals surface area contributed by atoms with E-state index in [4.69, 9.17) is 9.47 Å². The van der Waals surface area contributed by atoms with Crippen LogP contribution in [-0.4, -0.2) is 85.1 Å². The second-order valence-corrected chi connectivity index (χ2v) is 8.51. The van der Waals surface area contributed by atoms with Gasteiger partial charge >= 0.3 is 0 Å². The van der Waals surface area contributed by atoms with Crippen molar-refractivity contribution in [2.75, 3.05) is 58.0 Å². The van der Waals surface area contributed by atoms with Gasteiger partial charge in [0.1, 0.15) is 18.5 Å². The monoisotopic (exact) mass is 380 g/mol. The Kier molecular flexibility index (Phi) is 8.08. The van der Waals surface area contributed by atoms with Gasteiger partial charge in [-0.1, -0.05) is 12.1 Å². The maximum Gasteiger partial charge on any atom is 0.119 e. The van der Waals surface area contributed by atoms with Crippen molar-refractivity contribution in [3.63, 3.8) is 0 Å². The summed E-state index contributed by atoms with van der Waals surface area (Å²) in [7, 11) is 2.22.